The van der Waals surface area contributed by atoms with Gasteiger partial charge in [0.05, 0.1) is 6.54 Å². The third-order valence-electron chi connectivity index (χ3n) is 5.18. The van der Waals surface area contributed by atoms with Gasteiger partial charge in [0.2, 0.25) is 0 Å². The van der Waals surface area contributed by atoms with E-state index in [1.54, 1.807) is 32.8 Å². The molecule has 2 aromatic rings. The van der Waals surface area contributed by atoms with E-state index in [0.29, 0.717) is 51.6 Å². The zero-order chi connectivity index (χ0) is 19.5. The molecule has 0 aromatic carbocycles. The van der Waals surface area contributed by atoms with Crippen LogP contribution in [0.15, 0.2) is 35.0 Å². The molecule has 2 aliphatic rings. The van der Waals surface area contributed by atoms with Crippen LogP contribution in [0.2, 0.25) is 0 Å². The zero-order valence-electron chi connectivity index (χ0n) is 15.6. The summed E-state index contributed by atoms with van der Waals surface area (Å²) in [4.78, 5) is 42.1. The Bertz CT molecular complexity index is 846. The van der Waals surface area contributed by atoms with E-state index in [-0.39, 0.29) is 11.7 Å². The molecule has 0 unspecified atom stereocenters. The minimum Gasteiger partial charge on any atom is -0.454 e. The first-order chi connectivity index (χ1) is 13.6. The summed E-state index contributed by atoms with van der Waals surface area (Å²) in [6.45, 7) is 3.24. The van der Waals surface area contributed by atoms with E-state index in [0.717, 1.165) is 12.8 Å². The summed E-state index contributed by atoms with van der Waals surface area (Å²) in [6.07, 6.45) is 5.41. The second-order valence-corrected chi connectivity index (χ2v) is 7.05. The van der Waals surface area contributed by atoms with Crippen LogP contribution in [0.3, 0.4) is 0 Å². The quantitative estimate of drug-likeness (QED) is 0.715. The molecule has 0 aliphatic carbocycles. The fourth-order valence-electron chi connectivity index (χ4n) is 3.59. The Morgan fingerprint density at radius 1 is 0.893 bits per heavy atom. The average molecular weight is 385 g/mol. The van der Waals surface area contributed by atoms with Crippen LogP contribution >= 0.6 is 0 Å². The highest BCUT2D eigenvalue weighted by Gasteiger charge is 2.32. The number of piperazine rings is 1. The van der Waals surface area contributed by atoms with Crippen molar-refractivity contribution in [3.8, 4) is 0 Å². The SMILES string of the molecule is O=C(C(=O)N1CCN(C(=O)c2ccc(Cn3cccn3)o2)CC1)N1CCCC1. The molecule has 0 N–H and O–H groups in total. The van der Waals surface area contributed by atoms with Crippen LogP contribution in [0, 0.1) is 0 Å². The van der Waals surface area contributed by atoms with Crippen molar-refractivity contribution in [1.29, 1.82) is 0 Å². The molecule has 0 spiro atoms. The third kappa shape index (κ3) is 3.78. The summed E-state index contributed by atoms with van der Waals surface area (Å²) in [7, 11) is 0. The van der Waals surface area contributed by atoms with Crippen LogP contribution in [-0.2, 0) is 16.1 Å². The van der Waals surface area contributed by atoms with Crippen LogP contribution in [0.4, 0.5) is 0 Å². The van der Waals surface area contributed by atoms with Gasteiger partial charge in [-0.2, -0.15) is 5.10 Å². The number of carbonyl (C=O) groups excluding carboxylic acids is 3. The first-order valence-electron chi connectivity index (χ1n) is 9.55. The normalized spacial score (nSPS) is 17.2. The van der Waals surface area contributed by atoms with Gasteiger partial charge in [0, 0.05) is 51.7 Å². The predicted octanol–water partition coefficient (Wildman–Crippen LogP) is 0.431. The van der Waals surface area contributed by atoms with E-state index in [1.165, 1.54) is 4.90 Å². The molecule has 9 nitrogen and oxygen atoms in total. The molecule has 4 rings (SSSR count). The highest BCUT2D eigenvalue weighted by Crippen LogP contribution is 2.15. The van der Waals surface area contributed by atoms with Gasteiger partial charge in [0.1, 0.15) is 5.76 Å². The van der Waals surface area contributed by atoms with Gasteiger partial charge in [-0.25, -0.2) is 0 Å². The number of furan rings is 1. The van der Waals surface area contributed by atoms with Crippen LogP contribution < -0.4 is 0 Å². The van der Waals surface area contributed by atoms with Gasteiger partial charge in [0.15, 0.2) is 5.76 Å². The van der Waals surface area contributed by atoms with Crippen molar-refractivity contribution in [2.45, 2.75) is 19.4 Å². The Morgan fingerprint density at radius 2 is 1.54 bits per heavy atom. The van der Waals surface area contributed by atoms with Gasteiger partial charge in [-0.3, -0.25) is 19.1 Å². The maximum Gasteiger partial charge on any atom is 0.312 e. The third-order valence-corrected chi connectivity index (χ3v) is 5.18. The van der Waals surface area contributed by atoms with Crippen molar-refractivity contribution >= 4 is 17.7 Å². The number of carbonyl (C=O) groups is 3. The molecule has 2 fully saturated rings. The first kappa shape index (κ1) is 18.3. The average Bonchev–Trinajstić information content (AvgIpc) is 3.49. The molecule has 3 amide bonds. The Morgan fingerprint density at radius 3 is 2.18 bits per heavy atom. The molecule has 2 saturated heterocycles. The van der Waals surface area contributed by atoms with Crippen LogP contribution in [0.5, 0.6) is 0 Å². The zero-order valence-corrected chi connectivity index (χ0v) is 15.6. The maximum atomic E-state index is 12.7. The highest BCUT2D eigenvalue weighted by molar-refractivity contribution is 6.35. The summed E-state index contributed by atoms with van der Waals surface area (Å²) >= 11 is 0. The molecule has 28 heavy (non-hydrogen) atoms. The van der Waals surface area contributed by atoms with Crippen molar-refractivity contribution in [1.82, 2.24) is 24.5 Å². The van der Waals surface area contributed by atoms with Gasteiger partial charge >= 0.3 is 11.8 Å². The Labute approximate surface area is 162 Å². The number of likely N-dealkylation sites (tertiary alicyclic amines) is 1. The first-order valence-corrected chi connectivity index (χ1v) is 9.55. The monoisotopic (exact) mass is 385 g/mol. The maximum absolute atomic E-state index is 12.7. The summed E-state index contributed by atoms with van der Waals surface area (Å²) in [5.41, 5.74) is 0. The van der Waals surface area contributed by atoms with Crippen molar-refractivity contribution < 1.29 is 18.8 Å². The molecule has 4 heterocycles. The summed E-state index contributed by atoms with van der Waals surface area (Å²) in [6, 6.07) is 5.25. The molecule has 2 aliphatic heterocycles. The standard InChI is InChI=1S/C19H23N5O4/c25-17(16-5-4-15(28-16)14-24-9-3-6-20-24)22-10-12-23(13-11-22)19(27)18(26)21-7-1-2-8-21/h3-6,9H,1-2,7-8,10-14H2. The summed E-state index contributed by atoms with van der Waals surface area (Å²) in [5.74, 6) is -0.170. The molecular weight excluding hydrogens is 362 g/mol. The molecule has 0 radical (unpaired) electrons. The molecule has 0 atom stereocenters. The van der Waals surface area contributed by atoms with Crippen LogP contribution in [-0.4, -0.2) is 81.5 Å². The van der Waals surface area contributed by atoms with E-state index in [4.69, 9.17) is 4.42 Å². The fraction of sp³-hybridized carbons (Fsp3) is 0.474. The minimum absolute atomic E-state index is 0.204. The van der Waals surface area contributed by atoms with E-state index in [1.807, 2.05) is 12.3 Å². The highest BCUT2D eigenvalue weighted by atomic mass is 16.4. The topological polar surface area (TPSA) is 91.9 Å². The molecule has 9 heteroatoms. The number of aromatic nitrogens is 2. The van der Waals surface area contributed by atoms with Gasteiger partial charge in [-0.15, -0.1) is 0 Å². The largest absolute Gasteiger partial charge is 0.454 e. The van der Waals surface area contributed by atoms with Crippen molar-refractivity contribution in [3.63, 3.8) is 0 Å². The number of nitrogens with zero attached hydrogens (tertiary/aromatic N) is 5. The molecular formula is C19H23N5O4. The number of rotatable bonds is 3. The molecule has 0 saturated carbocycles. The molecule has 148 valence electrons. The van der Waals surface area contributed by atoms with E-state index < -0.39 is 11.8 Å². The molecule has 2 aromatic heterocycles. The van der Waals surface area contributed by atoms with Gasteiger partial charge in [-0.1, -0.05) is 0 Å². The smallest absolute Gasteiger partial charge is 0.312 e. The minimum atomic E-state index is -0.464. The Kier molecular flexibility index (Phi) is 5.14. The lowest BCUT2D eigenvalue weighted by Gasteiger charge is -2.34. The van der Waals surface area contributed by atoms with E-state index in [2.05, 4.69) is 5.10 Å². The van der Waals surface area contributed by atoms with Gasteiger partial charge in [-0.05, 0) is 31.0 Å². The fourth-order valence-corrected chi connectivity index (χ4v) is 3.59. The van der Waals surface area contributed by atoms with Crippen LogP contribution in [0.25, 0.3) is 0 Å². The predicted molar refractivity (Wildman–Crippen MR) is 98.3 cm³/mol. The lowest BCUT2D eigenvalue weighted by Crippen LogP contribution is -2.54. The summed E-state index contributed by atoms with van der Waals surface area (Å²) in [5, 5.41) is 4.12. The number of amides is 3. The van der Waals surface area contributed by atoms with Crippen LogP contribution in [0.1, 0.15) is 29.2 Å². The van der Waals surface area contributed by atoms with E-state index >= 15 is 0 Å². The second-order valence-electron chi connectivity index (χ2n) is 7.05. The number of hydrogen-bond donors (Lipinski definition) is 0. The van der Waals surface area contributed by atoms with Crippen molar-refractivity contribution in [3.05, 3.63) is 42.1 Å². The Hall–Kier alpha value is -3.10. The molecule has 0 bridgehead atoms. The van der Waals surface area contributed by atoms with E-state index in [9.17, 15) is 14.4 Å². The lowest BCUT2D eigenvalue weighted by atomic mass is 10.2. The second kappa shape index (κ2) is 7.87. The lowest BCUT2D eigenvalue weighted by molar-refractivity contribution is -0.152. The van der Waals surface area contributed by atoms with Crippen molar-refractivity contribution in [2.24, 2.45) is 0 Å². The van der Waals surface area contributed by atoms with Gasteiger partial charge < -0.3 is 19.1 Å². The van der Waals surface area contributed by atoms with Crippen molar-refractivity contribution in [2.75, 3.05) is 39.3 Å². The van der Waals surface area contributed by atoms with Gasteiger partial charge in [0.25, 0.3) is 5.91 Å². The summed E-state index contributed by atoms with van der Waals surface area (Å²) < 4.78 is 7.38. The number of hydrogen-bond acceptors (Lipinski definition) is 5. The Balaban J connectivity index is 1.31.